The third kappa shape index (κ3) is 12.9. The van der Waals surface area contributed by atoms with Gasteiger partial charge in [-0.05, 0) is 19.4 Å². The van der Waals surface area contributed by atoms with Gasteiger partial charge in [0.15, 0.2) is 5.78 Å². The van der Waals surface area contributed by atoms with Gasteiger partial charge in [0.2, 0.25) is 0 Å². The number of amides is 1. The summed E-state index contributed by atoms with van der Waals surface area (Å²) in [5.74, 6) is -1.15. The van der Waals surface area contributed by atoms with Crippen LogP contribution in [0.25, 0.3) is 0 Å². The van der Waals surface area contributed by atoms with Crippen LogP contribution >= 0.6 is 0 Å². The molecule has 106 valence electrons. The second-order valence-electron chi connectivity index (χ2n) is 4.65. The summed E-state index contributed by atoms with van der Waals surface area (Å²) in [6, 6.07) is 0. The highest BCUT2D eigenvalue weighted by Gasteiger charge is 2.09. The molecule has 0 rings (SSSR count). The van der Waals surface area contributed by atoms with Crippen LogP contribution in [0.4, 0.5) is 0 Å². The minimum Gasteiger partial charge on any atom is -1.00 e. The monoisotopic (exact) mass is 276 g/mol. The third-order valence-corrected chi connectivity index (χ3v) is 1.90. The molecule has 0 aliphatic carbocycles. The Labute approximate surface area is 117 Å². The maximum Gasteiger partial charge on any atom is 0.252 e. The number of carbonyl (C=O) groups is 2. The standard InChI is InChI=1S/C7H9NO2.C6H16N.ClH/c1-3-5(7(8)10)6(9)4-2;1-5-6-7(2,3)4;/h3-4H,2H2,1H3,(H2,8,10);5-6H2,1-4H3;1H/q;+1;/p-1. The van der Waals surface area contributed by atoms with Gasteiger partial charge >= 0.3 is 0 Å². The SMILES string of the molecule is C=CC(=O)C(=CC)C(N)=O.CCC[N+](C)(C)C.[Cl-]. The second kappa shape index (κ2) is 11.0. The topological polar surface area (TPSA) is 60.2 Å². The quantitative estimate of drug-likeness (QED) is 0.281. The molecule has 0 fully saturated rings. The molecular formula is C13H25ClN2O2. The van der Waals surface area contributed by atoms with E-state index in [4.69, 9.17) is 5.73 Å². The van der Waals surface area contributed by atoms with Crippen LogP contribution in [-0.2, 0) is 9.59 Å². The number of hydrogen-bond donors (Lipinski definition) is 1. The predicted molar refractivity (Wildman–Crippen MR) is 71.3 cm³/mol. The fourth-order valence-corrected chi connectivity index (χ4v) is 1.19. The number of carbonyl (C=O) groups excluding carboxylic acids is 2. The van der Waals surface area contributed by atoms with Crippen LogP contribution in [0.15, 0.2) is 24.3 Å². The van der Waals surface area contributed by atoms with Crippen molar-refractivity contribution in [2.45, 2.75) is 20.3 Å². The molecule has 0 radical (unpaired) electrons. The second-order valence-corrected chi connectivity index (χ2v) is 4.65. The van der Waals surface area contributed by atoms with E-state index >= 15 is 0 Å². The first-order valence-electron chi connectivity index (χ1n) is 5.62. The normalized spacial score (nSPS) is 10.6. The Morgan fingerprint density at radius 3 is 1.78 bits per heavy atom. The Morgan fingerprint density at radius 2 is 1.72 bits per heavy atom. The molecule has 0 aromatic rings. The molecule has 1 amide bonds. The van der Waals surface area contributed by atoms with Crippen LogP contribution in [0.5, 0.6) is 0 Å². The first kappa shape index (κ1) is 22.1. The van der Waals surface area contributed by atoms with Crippen molar-refractivity contribution in [3.63, 3.8) is 0 Å². The van der Waals surface area contributed by atoms with Gasteiger partial charge in [0.05, 0.1) is 33.3 Å². The van der Waals surface area contributed by atoms with Gasteiger partial charge in [0, 0.05) is 0 Å². The molecule has 0 atom stereocenters. The van der Waals surface area contributed by atoms with Crippen LogP contribution in [0, 0.1) is 0 Å². The number of quaternary nitrogens is 1. The fraction of sp³-hybridized carbons (Fsp3) is 0.538. The number of hydrogen-bond acceptors (Lipinski definition) is 2. The summed E-state index contributed by atoms with van der Waals surface area (Å²) in [4.78, 5) is 21.1. The molecule has 4 nitrogen and oxygen atoms in total. The Morgan fingerprint density at radius 1 is 1.28 bits per heavy atom. The Kier molecular flexibility index (Phi) is 13.5. The number of nitrogens with two attached hydrogens (primary N) is 1. The maximum absolute atomic E-state index is 10.7. The van der Waals surface area contributed by atoms with Gasteiger partial charge in [-0.15, -0.1) is 0 Å². The Balaban J connectivity index is -0.000000251. The predicted octanol–water partition coefficient (Wildman–Crippen LogP) is -1.72. The third-order valence-electron chi connectivity index (χ3n) is 1.90. The van der Waals surface area contributed by atoms with Gasteiger partial charge in [-0.2, -0.15) is 0 Å². The van der Waals surface area contributed by atoms with E-state index in [9.17, 15) is 9.59 Å². The number of halogens is 1. The smallest absolute Gasteiger partial charge is 0.252 e. The highest BCUT2D eigenvalue weighted by molar-refractivity contribution is 6.22. The van der Waals surface area contributed by atoms with Crippen LogP contribution < -0.4 is 18.1 Å². The summed E-state index contributed by atoms with van der Waals surface area (Å²) in [7, 11) is 6.64. The van der Waals surface area contributed by atoms with Crippen LogP contribution in [0.1, 0.15) is 20.3 Å². The van der Waals surface area contributed by atoms with Crippen LogP contribution in [0.2, 0.25) is 0 Å². The van der Waals surface area contributed by atoms with E-state index in [0.717, 1.165) is 10.6 Å². The summed E-state index contributed by atoms with van der Waals surface area (Å²) < 4.78 is 1.09. The largest absolute Gasteiger partial charge is 1.00 e. The number of rotatable bonds is 5. The summed E-state index contributed by atoms with van der Waals surface area (Å²) in [6.07, 6.45) is 3.70. The molecule has 0 saturated heterocycles. The molecule has 5 heteroatoms. The van der Waals surface area contributed by atoms with Crippen molar-refractivity contribution >= 4 is 11.7 Å². The van der Waals surface area contributed by atoms with Gasteiger partial charge in [-0.1, -0.05) is 19.6 Å². The van der Waals surface area contributed by atoms with E-state index in [0.29, 0.717) is 0 Å². The lowest BCUT2D eigenvalue weighted by Gasteiger charge is -2.22. The lowest BCUT2D eigenvalue weighted by molar-refractivity contribution is -0.870. The zero-order chi connectivity index (χ0) is 14.1. The molecule has 0 saturated carbocycles. The number of allylic oxidation sites excluding steroid dienone is 2. The fourth-order valence-electron chi connectivity index (χ4n) is 1.19. The Hall–Kier alpha value is -1.13. The van der Waals surface area contributed by atoms with Crippen molar-refractivity contribution in [1.82, 2.24) is 0 Å². The molecule has 0 aliphatic heterocycles. The van der Waals surface area contributed by atoms with Gasteiger partial charge < -0.3 is 22.6 Å². The van der Waals surface area contributed by atoms with Crippen molar-refractivity contribution in [2.75, 3.05) is 27.7 Å². The van der Waals surface area contributed by atoms with Crippen LogP contribution in [0.3, 0.4) is 0 Å². The number of nitrogens with zero attached hydrogens (tertiary/aromatic N) is 1. The molecule has 0 aromatic carbocycles. The van der Waals surface area contributed by atoms with E-state index in [1.807, 2.05) is 0 Å². The molecule has 2 N–H and O–H groups in total. The minimum absolute atomic E-state index is 0. The van der Waals surface area contributed by atoms with Gasteiger partial charge in [-0.25, -0.2) is 0 Å². The first-order chi connectivity index (χ1) is 7.69. The van der Waals surface area contributed by atoms with Crippen molar-refractivity contribution in [3.05, 3.63) is 24.3 Å². The zero-order valence-electron chi connectivity index (χ0n) is 12.0. The van der Waals surface area contributed by atoms with E-state index in [1.54, 1.807) is 6.92 Å². The lowest BCUT2D eigenvalue weighted by atomic mass is 10.1. The molecule has 0 heterocycles. The van der Waals surface area contributed by atoms with E-state index in [2.05, 4.69) is 34.6 Å². The lowest BCUT2D eigenvalue weighted by Crippen LogP contribution is -3.00. The molecule has 0 aromatic heterocycles. The van der Waals surface area contributed by atoms with Crippen molar-refractivity contribution in [1.29, 1.82) is 0 Å². The first-order valence-corrected chi connectivity index (χ1v) is 5.62. The number of primary amides is 1. The molecule has 0 aliphatic rings. The van der Waals surface area contributed by atoms with Crippen molar-refractivity contribution in [3.8, 4) is 0 Å². The van der Waals surface area contributed by atoms with Gasteiger partial charge in [-0.3, -0.25) is 9.59 Å². The van der Waals surface area contributed by atoms with Crippen molar-refractivity contribution < 1.29 is 26.5 Å². The Bertz CT molecular complexity index is 305. The van der Waals surface area contributed by atoms with Gasteiger partial charge in [0.1, 0.15) is 0 Å². The maximum atomic E-state index is 10.7. The molecule has 0 bridgehead atoms. The summed E-state index contributed by atoms with van der Waals surface area (Å²) in [5.41, 5.74) is 4.83. The van der Waals surface area contributed by atoms with Gasteiger partial charge in [0.25, 0.3) is 5.91 Å². The van der Waals surface area contributed by atoms with E-state index < -0.39 is 11.7 Å². The van der Waals surface area contributed by atoms with Crippen LogP contribution in [-0.4, -0.2) is 43.9 Å². The highest BCUT2D eigenvalue weighted by Crippen LogP contribution is 1.94. The molecular weight excluding hydrogens is 252 g/mol. The molecule has 18 heavy (non-hydrogen) atoms. The number of ketones is 1. The minimum atomic E-state index is -0.715. The average Bonchev–Trinajstić information content (AvgIpc) is 2.17. The highest BCUT2D eigenvalue weighted by atomic mass is 35.5. The summed E-state index contributed by atoms with van der Waals surface area (Å²) in [5, 5.41) is 0. The molecule has 0 unspecified atom stereocenters. The van der Waals surface area contributed by atoms with Crippen molar-refractivity contribution in [2.24, 2.45) is 5.73 Å². The van der Waals surface area contributed by atoms with E-state index in [1.165, 1.54) is 19.0 Å². The zero-order valence-corrected chi connectivity index (χ0v) is 12.8. The summed E-state index contributed by atoms with van der Waals surface area (Å²) >= 11 is 0. The summed E-state index contributed by atoms with van der Waals surface area (Å²) in [6.45, 7) is 8.27. The van der Waals surface area contributed by atoms with E-state index in [-0.39, 0.29) is 18.0 Å². The average molecular weight is 277 g/mol. The molecule has 0 spiro atoms.